The minimum Gasteiger partial charge on any atom is -0.295 e. The maximum atomic E-state index is 12.5. The van der Waals surface area contributed by atoms with Gasteiger partial charge in [0, 0.05) is 6.54 Å². The third kappa shape index (κ3) is 2.69. The van der Waals surface area contributed by atoms with Gasteiger partial charge in [0.05, 0.1) is 34.5 Å². The van der Waals surface area contributed by atoms with E-state index in [2.05, 4.69) is 4.99 Å². The van der Waals surface area contributed by atoms with Crippen LogP contribution in [0.15, 0.2) is 23.2 Å². The zero-order valence-electron chi connectivity index (χ0n) is 13.2. The molecule has 2 aliphatic heterocycles. The smallest absolute Gasteiger partial charge is 0.260 e. The van der Waals surface area contributed by atoms with Gasteiger partial charge in [0.15, 0.2) is 0 Å². The summed E-state index contributed by atoms with van der Waals surface area (Å²) in [6.45, 7) is 4.34. The van der Waals surface area contributed by atoms with E-state index in [1.54, 1.807) is 13.8 Å². The Balaban J connectivity index is 1.95. The van der Waals surface area contributed by atoms with Crippen LogP contribution in [0.3, 0.4) is 0 Å². The van der Waals surface area contributed by atoms with Crippen molar-refractivity contribution in [2.75, 3.05) is 23.1 Å². The van der Waals surface area contributed by atoms with Gasteiger partial charge in [0.1, 0.15) is 5.84 Å². The fraction of sp³-hybridized carbons (Fsp3) is 0.400. The summed E-state index contributed by atoms with van der Waals surface area (Å²) in [6.07, 6.45) is 0. The SMILES string of the molecule is CC1=NCCN1C(=O)c1ccc(N2C(=O)C(C)CS2(=O)=O)cc1Cl. The van der Waals surface area contributed by atoms with Gasteiger partial charge >= 0.3 is 0 Å². The number of amides is 2. The van der Waals surface area contributed by atoms with Gasteiger partial charge in [-0.1, -0.05) is 18.5 Å². The number of halogens is 1. The van der Waals surface area contributed by atoms with Crippen molar-refractivity contribution in [1.82, 2.24) is 4.90 Å². The van der Waals surface area contributed by atoms with Gasteiger partial charge in [-0.25, -0.2) is 12.7 Å². The first-order valence-electron chi connectivity index (χ1n) is 7.41. The van der Waals surface area contributed by atoms with Gasteiger partial charge in [0.2, 0.25) is 15.9 Å². The van der Waals surface area contributed by atoms with Crippen LogP contribution < -0.4 is 4.31 Å². The van der Waals surface area contributed by atoms with Crippen LogP contribution in [0.1, 0.15) is 24.2 Å². The van der Waals surface area contributed by atoms with Gasteiger partial charge in [-0.2, -0.15) is 0 Å². The van der Waals surface area contributed by atoms with Crippen molar-refractivity contribution in [2.45, 2.75) is 13.8 Å². The average molecular weight is 370 g/mol. The molecule has 0 spiro atoms. The zero-order valence-corrected chi connectivity index (χ0v) is 14.8. The number of benzene rings is 1. The Hall–Kier alpha value is -1.93. The number of rotatable bonds is 2. The van der Waals surface area contributed by atoms with Crippen LogP contribution >= 0.6 is 11.6 Å². The third-order valence-electron chi connectivity index (χ3n) is 4.08. The van der Waals surface area contributed by atoms with Crippen LogP contribution in [0, 0.1) is 5.92 Å². The molecule has 1 saturated heterocycles. The molecule has 2 amide bonds. The second-order valence-electron chi connectivity index (χ2n) is 5.83. The molecule has 0 radical (unpaired) electrons. The molecule has 0 aliphatic carbocycles. The standard InChI is InChI=1S/C15H16ClN3O4S/c1-9-8-24(22,23)19(14(9)20)11-3-4-12(13(16)7-11)15(21)18-6-5-17-10(18)2/h3-4,7,9H,5-6,8H2,1-2H3. The van der Waals surface area contributed by atoms with E-state index in [4.69, 9.17) is 11.6 Å². The lowest BCUT2D eigenvalue weighted by Crippen LogP contribution is -2.33. The second kappa shape index (κ2) is 5.86. The van der Waals surface area contributed by atoms with E-state index in [0.717, 1.165) is 4.31 Å². The summed E-state index contributed by atoms with van der Waals surface area (Å²) < 4.78 is 25.0. The van der Waals surface area contributed by atoms with Crippen molar-refractivity contribution < 1.29 is 18.0 Å². The molecule has 0 bridgehead atoms. The number of nitrogens with zero attached hydrogens (tertiary/aromatic N) is 3. The summed E-state index contributed by atoms with van der Waals surface area (Å²) in [4.78, 5) is 30.3. The maximum Gasteiger partial charge on any atom is 0.260 e. The Morgan fingerprint density at radius 3 is 2.58 bits per heavy atom. The summed E-state index contributed by atoms with van der Waals surface area (Å²) in [5.41, 5.74) is 0.395. The minimum atomic E-state index is -3.70. The summed E-state index contributed by atoms with van der Waals surface area (Å²) in [5, 5.41) is 0.0970. The van der Waals surface area contributed by atoms with E-state index < -0.39 is 21.8 Å². The summed E-state index contributed by atoms with van der Waals surface area (Å²) in [6, 6.07) is 4.21. The van der Waals surface area contributed by atoms with Crippen molar-refractivity contribution in [3.8, 4) is 0 Å². The van der Waals surface area contributed by atoms with E-state index in [0.29, 0.717) is 18.9 Å². The Kier molecular flexibility index (Phi) is 4.13. The monoisotopic (exact) mass is 369 g/mol. The number of aliphatic imine (C=N–C) groups is 1. The van der Waals surface area contributed by atoms with Gasteiger partial charge in [-0.05, 0) is 25.1 Å². The minimum absolute atomic E-state index is 0.0970. The molecule has 0 saturated carbocycles. The highest BCUT2D eigenvalue weighted by atomic mass is 35.5. The maximum absolute atomic E-state index is 12.5. The summed E-state index contributed by atoms with van der Waals surface area (Å²) >= 11 is 6.19. The first-order valence-corrected chi connectivity index (χ1v) is 9.40. The summed E-state index contributed by atoms with van der Waals surface area (Å²) in [5.74, 6) is -1.00. The number of sulfonamides is 1. The highest BCUT2D eigenvalue weighted by Gasteiger charge is 2.42. The largest absolute Gasteiger partial charge is 0.295 e. The molecule has 1 atom stereocenters. The number of amidine groups is 1. The third-order valence-corrected chi connectivity index (χ3v) is 6.26. The van der Waals surface area contributed by atoms with E-state index in [9.17, 15) is 18.0 Å². The fourth-order valence-corrected chi connectivity index (χ4v) is 4.91. The van der Waals surface area contributed by atoms with Crippen molar-refractivity contribution >= 4 is 45.0 Å². The van der Waals surface area contributed by atoms with Gasteiger partial charge in [-0.15, -0.1) is 0 Å². The van der Waals surface area contributed by atoms with Crippen LogP contribution in [0.4, 0.5) is 5.69 Å². The molecule has 1 aromatic rings. The molecule has 0 aromatic heterocycles. The molecule has 7 nitrogen and oxygen atoms in total. The predicted octanol–water partition coefficient (Wildman–Crippen LogP) is 1.53. The molecule has 1 fully saturated rings. The van der Waals surface area contributed by atoms with Gasteiger partial charge < -0.3 is 0 Å². The Labute approximate surface area is 145 Å². The molecule has 128 valence electrons. The van der Waals surface area contributed by atoms with Crippen molar-refractivity contribution in [3.05, 3.63) is 28.8 Å². The lowest BCUT2D eigenvalue weighted by Gasteiger charge is -2.19. The molecule has 1 unspecified atom stereocenters. The molecule has 24 heavy (non-hydrogen) atoms. The van der Waals surface area contributed by atoms with Crippen LogP contribution in [0.25, 0.3) is 0 Å². The highest BCUT2D eigenvalue weighted by molar-refractivity contribution is 7.94. The Bertz CT molecular complexity index is 865. The van der Waals surface area contributed by atoms with Gasteiger partial charge in [0.25, 0.3) is 5.91 Å². The number of carbonyl (C=O) groups is 2. The summed E-state index contributed by atoms with van der Waals surface area (Å²) in [7, 11) is -3.70. The van der Waals surface area contributed by atoms with Crippen LogP contribution in [-0.4, -0.2) is 49.8 Å². The number of carbonyl (C=O) groups excluding carboxylic acids is 2. The second-order valence-corrected chi connectivity index (χ2v) is 8.10. The highest BCUT2D eigenvalue weighted by Crippen LogP contribution is 2.32. The first-order chi connectivity index (χ1) is 11.2. The molecule has 3 rings (SSSR count). The van der Waals surface area contributed by atoms with E-state index in [1.165, 1.54) is 23.1 Å². The Morgan fingerprint density at radius 1 is 1.38 bits per heavy atom. The molecular weight excluding hydrogens is 354 g/mol. The van der Waals surface area contributed by atoms with Crippen molar-refractivity contribution in [3.63, 3.8) is 0 Å². The molecule has 9 heteroatoms. The van der Waals surface area contributed by atoms with Crippen LogP contribution in [0.2, 0.25) is 5.02 Å². The topological polar surface area (TPSA) is 87.1 Å². The lowest BCUT2D eigenvalue weighted by molar-refractivity contribution is -0.119. The first kappa shape index (κ1) is 16.9. The van der Waals surface area contributed by atoms with Gasteiger partial charge in [-0.3, -0.25) is 19.5 Å². The quantitative estimate of drug-likeness (QED) is 0.790. The number of hydrogen-bond acceptors (Lipinski definition) is 5. The Morgan fingerprint density at radius 2 is 2.08 bits per heavy atom. The fourth-order valence-electron chi connectivity index (χ4n) is 2.84. The van der Waals surface area contributed by atoms with Crippen LogP contribution in [-0.2, 0) is 14.8 Å². The lowest BCUT2D eigenvalue weighted by atomic mass is 10.1. The van der Waals surface area contributed by atoms with E-state index in [-0.39, 0.29) is 27.9 Å². The van der Waals surface area contributed by atoms with Crippen LogP contribution in [0.5, 0.6) is 0 Å². The van der Waals surface area contributed by atoms with E-state index in [1.807, 2.05) is 0 Å². The van der Waals surface area contributed by atoms with Crippen molar-refractivity contribution in [1.29, 1.82) is 0 Å². The normalized spacial score (nSPS) is 22.9. The van der Waals surface area contributed by atoms with E-state index >= 15 is 0 Å². The molecule has 0 N–H and O–H groups in total. The molecule has 2 aliphatic rings. The number of hydrogen-bond donors (Lipinski definition) is 0. The average Bonchev–Trinajstić information content (AvgIpc) is 2.99. The molecule has 1 aromatic carbocycles. The zero-order chi connectivity index (χ0) is 17.6. The molecular formula is C15H16ClN3O4S. The molecule has 2 heterocycles. The number of anilines is 1. The predicted molar refractivity (Wildman–Crippen MR) is 90.9 cm³/mol. The van der Waals surface area contributed by atoms with Crippen molar-refractivity contribution in [2.24, 2.45) is 10.9 Å².